The lowest BCUT2D eigenvalue weighted by Crippen LogP contribution is -2.12. The lowest BCUT2D eigenvalue weighted by atomic mass is 9.80. The summed E-state index contributed by atoms with van der Waals surface area (Å²) in [6.07, 6.45) is 8.24. The van der Waals surface area contributed by atoms with E-state index in [1.807, 2.05) is 53.7 Å². The second kappa shape index (κ2) is 13.7. The van der Waals surface area contributed by atoms with Gasteiger partial charge < -0.3 is 0 Å². The van der Waals surface area contributed by atoms with Crippen LogP contribution in [0.15, 0.2) is 59.8 Å². The third-order valence-corrected chi connectivity index (χ3v) is 3.20. The minimum Gasteiger partial charge on any atom is -0.0987 e. The van der Waals surface area contributed by atoms with E-state index >= 15 is 0 Å². The Morgan fingerprint density at radius 3 is 1.43 bits per heavy atom. The molecule has 0 bridgehead atoms. The molecule has 1 aliphatic carbocycles. The van der Waals surface area contributed by atoms with Gasteiger partial charge in [0.15, 0.2) is 0 Å². The molecule has 1 aliphatic rings. The second-order valence-electron chi connectivity index (χ2n) is 4.27. The molecule has 0 fully saturated rings. The van der Waals surface area contributed by atoms with Gasteiger partial charge in [-0.05, 0) is 36.1 Å². The van der Waals surface area contributed by atoms with Crippen LogP contribution in [0.1, 0.15) is 69.2 Å². The van der Waals surface area contributed by atoms with Gasteiger partial charge in [0, 0.05) is 5.41 Å². The molecule has 0 aromatic carbocycles. The molecule has 122 valence electrons. The topological polar surface area (TPSA) is 0 Å². The quantitative estimate of drug-likeness (QED) is 0.489. The molecular formula is C21H38. The summed E-state index contributed by atoms with van der Waals surface area (Å²) in [6.45, 7) is 28.4. The first-order valence-corrected chi connectivity index (χ1v) is 8.38. The summed E-state index contributed by atoms with van der Waals surface area (Å²) in [5, 5.41) is 0. The molecule has 21 heavy (non-hydrogen) atoms. The Morgan fingerprint density at radius 1 is 0.762 bits per heavy atom. The van der Waals surface area contributed by atoms with Crippen LogP contribution in [0.5, 0.6) is 0 Å². The SMILES string of the molecule is C=CC1=C(C=C)C(C)(C)C(=C/C)/C1=C\C.CC.CC.CC. The summed E-state index contributed by atoms with van der Waals surface area (Å²) in [4.78, 5) is 0. The van der Waals surface area contributed by atoms with E-state index in [-0.39, 0.29) is 5.41 Å². The van der Waals surface area contributed by atoms with Crippen LogP contribution in [0.4, 0.5) is 0 Å². The van der Waals surface area contributed by atoms with E-state index in [2.05, 4.69) is 53.0 Å². The highest BCUT2D eigenvalue weighted by atomic mass is 14.4. The second-order valence-corrected chi connectivity index (χ2v) is 4.27. The number of allylic oxidation sites excluding steroid dienone is 8. The molecule has 0 aromatic rings. The van der Waals surface area contributed by atoms with Gasteiger partial charge in [-0.1, -0.05) is 92.9 Å². The molecule has 0 amide bonds. The van der Waals surface area contributed by atoms with Crippen molar-refractivity contribution in [3.05, 3.63) is 59.8 Å². The van der Waals surface area contributed by atoms with Crippen LogP contribution in [-0.4, -0.2) is 0 Å². The van der Waals surface area contributed by atoms with E-state index in [1.54, 1.807) is 0 Å². The summed E-state index contributed by atoms with van der Waals surface area (Å²) in [6, 6.07) is 0. The Labute approximate surface area is 135 Å². The van der Waals surface area contributed by atoms with Crippen LogP contribution in [0.3, 0.4) is 0 Å². The molecule has 0 N–H and O–H groups in total. The largest absolute Gasteiger partial charge is 0.0987 e. The molecule has 0 atom stereocenters. The average Bonchev–Trinajstić information content (AvgIpc) is 2.77. The van der Waals surface area contributed by atoms with Crippen LogP contribution in [0.2, 0.25) is 0 Å². The fraction of sp³-hybridized carbons (Fsp3) is 0.524. The first kappa shape index (κ1) is 24.7. The number of rotatable bonds is 2. The van der Waals surface area contributed by atoms with Gasteiger partial charge in [0.2, 0.25) is 0 Å². The Morgan fingerprint density at radius 2 is 1.19 bits per heavy atom. The predicted octanol–water partition coefficient (Wildman–Crippen LogP) is 7.67. The van der Waals surface area contributed by atoms with Crippen molar-refractivity contribution in [2.45, 2.75) is 69.2 Å². The van der Waals surface area contributed by atoms with Crippen LogP contribution in [-0.2, 0) is 0 Å². The Bertz CT molecular complexity index is 384. The maximum absolute atomic E-state index is 3.91. The molecule has 0 saturated heterocycles. The maximum Gasteiger partial charge on any atom is 0.0155 e. The molecule has 0 spiro atoms. The molecule has 1 rings (SSSR count). The zero-order valence-electron chi connectivity index (χ0n) is 16.2. The highest BCUT2D eigenvalue weighted by molar-refractivity contribution is 5.67. The van der Waals surface area contributed by atoms with E-state index in [0.29, 0.717) is 0 Å². The van der Waals surface area contributed by atoms with E-state index in [4.69, 9.17) is 0 Å². The molecule has 0 aromatic heterocycles. The third-order valence-electron chi connectivity index (χ3n) is 3.20. The van der Waals surface area contributed by atoms with Crippen LogP contribution in [0.25, 0.3) is 0 Å². The molecule has 0 saturated carbocycles. The zero-order valence-corrected chi connectivity index (χ0v) is 16.2. The fourth-order valence-corrected chi connectivity index (χ4v) is 2.52. The van der Waals surface area contributed by atoms with Gasteiger partial charge in [-0.2, -0.15) is 0 Å². The van der Waals surface area contributed by atoms with Gasteiger partial charge >= 0.3 is 0 Å². The van der Waals surface area contributed by atoms with Crippen molar-refractivity contribution >= 4 is 0 Å². The summed E-state index contributed by atoms with van der Waals surface area (Å²) >= 11 is 0. The van der Waals surface area contributed by atoms with Crippen molar-refractivity contribution in [3.63, 3.8) is 0 Å². The molecule has 0 unspecified atom stereocenters. The van der Waals surface area contributed by atoms with Crippen LogP contribution < -0.4 is 0 Å². The lowest BCUT2D eigenvalue weighted by molar-refractivity contribution is 0.578. The maximum atomic E-state index is 3.91. The van der Waals surface area contributed by atoms with E-state index in [1.165, 1.54) is 22.3 Å². The summed E-state index contributed by atoms with van der Waals surface area (Å²) < 4.78 is 0. The Hall–Kier alpha value is -1.30. The third kappa shape index (κ3) is 5.53. The Balaban J connectivity index is -0.000000478. The molecule has 0 radical (unpaired) electrons. The average molecular weight is 291 g/mol. The highest BCUT2D eigenvalue weighted by Gasteiger charge is 2.36. The molecule has 0 nitrogen and oxygen atoms in total. The van der Waals surface area contributed by atoms with E-state index in [0.717, 1.165) is 0 Å². The zero-order chi connectivity index (χ0) is 17.6. The standard InChI is InChI=1S/C15H20.3C2H6/c1-7-11-12(8-2)14(10-4)15(5,6)13(11)9-3;3*1-2/h7-10H,1,3H2,2,4-6H3;3*1-2H3/b12-8-,14-10+;;;. The van der Waals surface area contributed by atoms with Crippen molar-refractivity contribution in [3.8, 4) is 0 Å². The van der Waals surface area contributed by atoms with Gasteiger partial charge in [-0.3, -0.25) is 0 Å². The van der Waals surface area contributed by atoms with Gasteiger partial charge in [0.25, 0.3) is 0 Å². The first-order chi connectivity index (χ1) is 10.0. The van der Waals surface area contributed by atoms with Crippen molar-refractivity contribution in [2.75, 3.05) is 0 Å². The fourth-order valence-electron chi connectivity index (χ4n) is 2.52. The first-order valence-electron chi connectivity index (χ1n) is 8.38. The smallest absolute Gasteiger partial charge is 0.0155 e. The van der Waals surface area contributed by atoms with E-state index < -0.39 is 0 Å². The molecule has 0 aliphatic heterocycles. The van der Waals surface area contributed by atoms with Gasteiger partial charge in [-0.25, -0.2) is 0 Å². The van der Waals surface area contributed by atoms with Gasteiger partial charge in [0.1, 0.15) is 0 Å². The summed E-state index contributed by atoms with van der Waals surface area (Å²) in [5.74, 6) is 0. The van der Waals surface area contributed by atoms with Crippen LogP contribution in [0, 0.1) is 5.41 Å². The van der Waals surface area contributed by atoms with Crippen molar-refractivity contribution in [1.29, 1.82) is 0 Å². The van der Waals surface area contributed by atoms with E-state index in [9.17, 15) is 0 Å². The minimum absolute atomic E-state index is 0.0574. The van der Waals surface area contributed by atoms with Crippen molar-refractivity contribution in [2.24, 2.45) is 5.41 Å². The minimum atomic E-state index is 0.0574. The predicted molar refractivity (Wildman–Crippen MR) is 103 cm³/mol. The lowest BCUT2D eigenvalue weighted by Gasteiger charge is -2.23. The summed E-state index contributed by atoms with van der Waals surface area (Å²) in [7, 11) is 0. The Kier molecular flexibility index (Phi) is 16.1. The van der Waals surface area contributed by atoms with Crippen LogP contribution >= 0.6 is 0 Å². The van der Waals surface area contributed by atoms with Crippen molar-refractivity contribution in [1.82, 2.24) is 0 Å². The molecular weight excluding hydrogens is 252 g/mol. The number of hydrogen-bond acceptors (Lipinski definition) is 0. The van der Waals surface area contributed by atoms with Gasteiger partial charge in [0.05, 0.1) is 0 Å². The number of hydrogen-bond donors (Lipinski definition) is 0. The highest BCUT2D eigenvalue weighted by Crippen LogP contribution is 2.50. The van der Waals surface area contributed by atoms with Gasteiger partial charge in [-0.15, -0.1) is 0 Å². The van der Waals surface area contributed by atoms with Crippen molar-refractivity contribution < 1.29 is 0 Å². The normalized spacial score (nSPS) is 18.8. The molecule has 0 heteroatoms. The monoisotopic (exact) mass is 290 g/mol. The summed E-state index contributed by atoms with van der Waals surface area (Å²) in [5.41, 5.74) is 5.23. The molecule has 0 heterocycles.